The molecule has 1 aliphatic rings. The molecule has 96 valence electrons. The summed E-state index contributed by atoms with van der Waals surface area (Å²) in [5.74, 6) is -0.0782. The number of rotatable bonds is 3. The molecule has 6 heteroatoms. The van der Waals surface area contributed by atoms with E-state index in [0.717, 1.165) is 0 Å². The second kappa shape index (κ2) is 4.78. The summed E-state index contributed by atoms with van der Waals surface area (Å²) in [6.07, 6.45) is 0.132. The molecule has 1 aromatic carbocycles. The van der Waals surface area contributed by atoms with Crippen LogP contribution in [0.2, 0.25) is 10.0 Å². The van der Waals surface area contributed by atoms with Gasteiger partial charge in [-0.2, -0.15) is 0 Å². The predicted molar refractivity (Wildman–Crippen MR) is 67.8 cm³/mol. The Morgan fingerprint density at radius 2 is 2.06 bits per heavy atom. The molecular weight excluding hydrogens is 277 g/mol. The number of nitrogens with one attached hydrogen (secondary N) is 1. The molecule has 0 bridgehead atoms. The molecule has 0 aromatic heterocycles. The number of halogens is 2. The number of carbonyl (C=O) groups excluding carboxylic acids is 2. The van der Waals surface area contributed by atoms with Gasteiger partial charge in [0.25, 0.3) is 0 Å². The van der Waals surface area contributed by atoms with Crippen molar-refractivity contribution in [3.8, 4) is 5.75 Å². The number of carbonyl (C=O) groups is 2. The highest BCUT2D eigenvalue weighted by Gasteiger charge is 2.43. The molecule has 18 heavy (non-hydrogen) atoms. The van der Waals surface area contributed by atoms with E-state index >= 15 is 0 Å². The van der Waals surface area contributed by atoms with Crippen LogP contribution in [-0.4, -0.2) is 18.4 Å². The molecule has 1 atom stereocenters. The summed E-state index contributed by atoms with van der Waals surface area (Å²) in [6.45, 7) is 1.80. The van der Waals surface area contributed by atoms with E-state index in [1.165, 1.54) is 0 Å². The maximum absolute atomic E-state index is 11.6. The molecule has 0 saturated carbocycles. The van der Waals surface area contributed by atoms with Crippen molar-refractivity contribution in [2.75, 3.05) is 6.61 Å². The molecule has 1 heterocycles. The summed E-state index contributed by atoms with van der Waals surface area (Å²) >= 11 is 11.6. The fourth-order valence-electron chi connectivity index (χ4n) is 1.68. The van der Waals surface area contributed by atoms with E-state index in [0.29, 0.717) is 15.8 Å². The van der Waals surface area contributed by atoms with E-state index in [-0.39, 0.29) is 24.8 Å². The van der Waals surface area contributed by atoms with Gasteiger partial charge in [-0.1, -0.05) is 23.2 Å². The monoisotopic (exact) mass is 287 g/mol. The van der Waals surface area contributed by atoms with Crippen LogP contribution in [0.4, 0.5) is 0 Å². The number of imide groups is 1. The molecule has 2 rings (SSSR count). The van der Waals surface area contributed by atoms with E-state index < -0.39 is 5.41 Å². The first-order chi connectivity index (χ1) is 8.40. The summed E-state index contributed by atoms with van der Waals surface area (Å²) in [7, 11) is 0. The van der Waals surface area contributed by atoms with Crippen molar-refractivity contribution < 1.29 is 14.3 Å². The lowest BCUT2D eigenvalue weighted by Gasteiger charge is -2.19. The molecular formula is C12H11Cl2NO3. The second-order valence-electron chi connectivity index (χ2n) is 4.48. The first-order valence-corrected chi connectivity index (χ1v) is 6.08. The SMILES string of the molecule is CC1(COc2ccc(Cl)c(Cl)c2)CC(=O)NC1=O. The van der Waals surface area contributed by atoms with Crippen molar-refractivity contribution >= 4 is 35.0 Å². The minimum absolute atomic E-state index is 0.114. The Bertz CT molecular complexity index is 518. The molecule has 1 fully saturated rings. The highest BCUT2D eigenvalue weighted by molar-refractivity contribution is 6.42. The number of ether oxygens (including phenoxy) is 1. The van der Waals surface area contributed by atoms with Crippen LogP contribution in [0.5, 0.6) is 5.75 Å². The Balaban J connectivity index is 2.05. The zero-order chi connectivity index (χ0) is 13.3. The van der Waals surface area contributed by atoms with Crippen LogP contribution < -0.4 is 10.1 Å². The van der Waals surface area contributed by atoms with Gasteiger partial charge in [-0.3, -0.25) is 14.9 Å². The second-order valence-corrected chi connectivity index (χ2v) is 5.29. The van der Waals surface area contributed by atoms with Crippen molar-refractivity contribution in [3.63, 3.8) is 0 Å². The Kier molecular flexibility index (Phi) is 3.50. The third-order valence-corrected chi connectivity index (χ3v) is 3.54. The highest BCUT2D eigenvalue weighted by atomic mass is 35.5. The van der Waals surface area contributed by atoms with Gasteiger partial charge in [0, 0.05) is 12.5 Å². The zero-order valence-electron chi connectivity index (χ0n) is 9.63. The summed E-state index contributed by atoms with van der Waals surface area (Å²) in [6, 6.07) is 4.84. The van der Waals surface area contributed by atoms with Gasteiger partial charge in [0.2, 0.25) is 11.8 Å². The molecule has 1 aromatic rings. The molecule has 1 aliphatic heterocycles. The predicted octanol–water partition coefficient (Wildman–Crippen LogP) is 2.42. The third-order valence-electron chi connectivity index (χ3n) is 2.80. The van der Waals surface area contributed by atoms with Crippen molar-refractivity contribution in [2.45, 2.75) is 13.3 Å². The van der Waals surface area contributed by atoms with Crippen LogP contribution in [0.15, 0.2) is 18.2 Å². The minimum Gasteiger partial charge on any atom is -0.492 e. The topological polar surface area (TPSA) is 55.4 Å². The fourth-order valence-corrected chi connectivity index (χ4v) is 1.97. The maximum atomic E-state index is 11.6. The smallest absolute Gasteiger partial charge is 0.236 e. The summed E-state index contributed by atoms with van der Waals surface area (Å²) in [4.78, 5) is 22.7. The van der Waals surface area contributed by atoms with Crippen LogP contribution in [0.1, 0.15) is 13.3 Å². The van der Waals surface area contributed by atoms with Crippen LogP contribution in [0.25, 0.3) is 0 Å². The molecule has 1 saturated heterocycles. The normalized spacial score (nSPS) is 23.1. The van der Waals surface area contributed by atoms with Crippen LogP contribution >= 0.6 is 23.2 Å². The first-order valence-electron chi connectivity index (χ1n) is 5.33. The van der Waals surface area contributed by atoms with Crippen LogP contribution in [-0.2, 0) is 9.59 Å². The lowest BCUT2D eigenvalue weighted by Crippen LogP contribution is -2.34. The summed E-state index contributed by atoms with van der Waals surface area (Å²) < 4.78 is 5.49. The van der Waals surface area contributed by atoms with Gasteiger partial charge in [0.1, 0.15) is 12.4 Å². The lowest BCUT2D eigenvalue weighted by molar-refractivity contribution is -0.129. The van der Waals surface area contributed by atoms with Gasteiger partial charge >= 0.3 is 0 Å². The molecule has 0 radical (unpaired) electrons. The molecule has 0 spiro atoms. The third kappa shape index (κ3) is 2.60. The van der Waals surface area contributed by atoms with Gasteiger partial charge in [0.15, 0.2) is 0 Å². The van der Waals surface area contributed by atoms with Crippen molar-refractivity contribution in [1.29, 1.82) is 0 Å². The average Bonchev–Trinajstić information content (AvgIpc) is 2.55. The highest BCUT2D eigenvalue weighted by Crippen LogP contribution is 2.30. The molecule has 4 nitrogen and oxygen atoms in total. The van der Waals surface area contributed by atoms with Crippen molar-refractivity contribution in [2.24, 2.45) is 5.41 Å². The van der Waals surface area contributed by atoms with E-state index in [9.17, 15) is 9.59 Å². The molecule has 0 aliphatic carbocycles. The Hall–Kier alpha value is -1.26. The van der Waals surface area contributed by atoms with Gasteiger partial charge in [-0.25, -0.2) is 0 Å². The Morgan fingerprint density at radius 3 is 2.61 bits per heavy atom. The quantitative estimate of drug-likeness (QED) is 0.869. The van der Waals surface area contributed by atoms with Crippen LogP contribution in [0.3, 0.4) is 0 Å². The largest absolute Gasteiger partial charge is 0.492 e. The summed E-state index contributed by atoms with van der Waals surface area (Å²) in [5, 5.41) is 3.07. The fraction of sp³-hybridized carbons (Fsp3) is 0.333. The standard InChI is InChI=1S/C12H11Cl2NO3/c1-12(5-10(16)15-11(12)17)6-18-7-2-3-8(13)9(14)4-7/h2-4H,5-6H2,1H3,(H,15,16,17). The van der Waals surface area contributed by atoms with Gasteiger partial charge in [-0.15, -0.1) is 0 Å². The number of amides is 2. The maximum Gasteiger partial charge on any atom is 0.236 e. The van der Waals surface area contributed by atoms with E-state index in [1.54, 1.807) is 25.1 Å². The molecule has 2 amide bonds. The van der Waals surface area contributed by atoms with E-state index in [2.05, 4.69) is 5.32 Å². The van der Waals surface area contributed by atoms with Gasteiger partial charge < -0.3 is 4.74 Å². The van der Waals surface area contributed by atoms with E-state index in [1.807, 2.05) is 0 Å². The number of hydrogen-bond donors (Lipinski definition) is 1. The number of hydrogen-bond acceptors (Lipinski definition) is 3. The summed E-state index contributed by atoms with van der Waals surface area (Å²) in [5.41, 5.74) is -0.830. The molecule has 1 N–H and O–H groups in total. The van der Waals surface area contributed by atoms with E-state index in [4.69, 9.17) is 27.9 Å². The Morgan fingerprint density at radius 1 is 1.33 bits per heavy atom. The minimum atomic E-state index is -0.830. The van der Waals surface area contributed by atoms with Gasteiger partial charge in [-0.05, 0) is 19.1 Å². The van der Waals surface area contributed by atoms with Gasteiger partial charge in [0.05, 0.1) is 15.5 Å². The van der Waals surface area contributed by atoms with Crippen molar-refractivity contribution in [1.82, 2.24) is 5.32 Å². The molecule has 1 unspecified atom stereocenters. The average molecular weight is 288 g/mol. The van der Waals surface area contributed by atoms with Crippen LogP contribution in [0, 0.1) is 5.41 Å². The van der Waals surface area contributed by atoms with Crippen molar-refractivity contribution in [3.05, 3.63) is 28.2 Å². The number of benzene rings is 1. The lowest BCUT2D eigenvalue weighted by atomic mass is 9.90. The first kappa shape index (κ1) is 13.2. The Labute approximate surface area is 114 Å². The zero-order valence-corrected chi connectivity index (χ0v) is 11.1.